The van der Waals surface area contributed by atoms with Gasteiger partial charge in [-0.25, -0.2) is 9.55 Å². The Hall–Kier alpha value is -4.72. The molecule has 0 aliphatic carbocycles. The highest BCUT2D eigenvalue weighted by Gasteiger charge is 2.38. The molecule has 0 spiro atoms. The van der Waals surface area contributed by atoms with Crippen molar-refractivity contribution in [2.75, 3.05) is 19.8 Å². The maximum atomic E-state index is 14.2. The monoisotopic (exact) mass is 963 g/mol. The van der Waals surface area contributed by atoms with Gasteiger partial charge in [0.05, 0.1) is 38.2 Å². The molecule has 6 atom stereocenters. The molecule has 0 unspecified atom stereocenters. The molecule has 1 saturated heterocycles. The van der Waals surface area contributed by atoms with Crippen molar-refractivity contribution in [2.24, 2.45) is 11.7 Å². The van der Waals surface area contributed by atoms with Crippen LogP contribution in [0.5, 0.6) is 0 Å². The van der Waals surface area contributed by atoms with E-state index in [0.29, 0.717) is 31.6 Å². The highest BCUT2D eigenvalue weighted by Crippen LogP contribution is 2.38. The van der Waals surface area contributed by atoms with Crippen LogP contribution < -0.4 is 27.0 Å². The number of nitrogens with one attached hydrogen (secondary N) is 4. The molecule has 0 bridgehead atoms. The van der Waals surface area contributed by atoms with Crippen molar-refractivity contribution in [2.45, 2.75) is 173 Å². The number of aromatic nitrogens is 2. The first-order valence-electron chi connectivity index (χ1n) is 23.6. The largest absolute Gasteiger partial charge is 0.469 e. The number of unbranched alkanes of at least 4 members (excludes halogenated alkanes) is 7. The third-order valence-electron chi connectivity index (χ3n) is 11.5. The maximum absolute atomic E-state index is 14.2. The van der Waals surface area contributed by atoms with E-state index in [1.165, 1.54) is 23.3 Å². The zero-order chi connectivity index (χ0) is 49.5. The molecule has 0 radical (unpaired) electrons. The lowest BCUT2D eigenvalue weighted by Crippen LogP contribution is -2.61. The molecule has 9 N–H and O–H groups in total. The molecular weight excluding hydrogens is 888 g/mol. The van der Waals surface area contributed by atoms with Crippen molar-refractivity contribution in [1.82, 2.24) is 35.7 Å². The third kappa shape index (κ3) is 21.0. The van der Waals surface area contributed by atoms with Crippen LogP contribution in [0.2, 0.25) is 0 Å². The van der Waals surface area contributed by atoms with Crippen molar-refractivity contribution in [3.8, 4) is 0 Å². The van der Waals surface area contributed by atoms with E-state index in [1.807, 2.05) is 38.3 Å². The lowest BCUT2D eigenvalue weighted by Gasteiger charge is -2.29. The predicted molar refractivity (Wildman–Crippen MR) is 250 cm³/mol. The quantitative estimate of drug-likeness (QED) is 0.0387. The molecule has 1 fully saturated rings. The topological polar surface area (TPSA) is 294 Å². The van der Waals surface area contributed by atoms with Crippen molar-refractivity contribution in [3.63, 3.8) is 0 Å². The molecule has 2 aromatic rings. The van der Waals surface area contributed by atoms with Crippen LogP contribution in [0.1, 0.15) is 123 Å². The maximum Gasteiger partial charge on any atom is 0.469 e. The first kappa shape index (κ1) is 56.6. The van der Waals surface area contributed by atoms with Crippen LogP contribution in [0.25, 0.3) is 0 Å². The van der Waals surface area contributed by atoms with Crippen LogP contribution >= 0.6 is 7.82 Å². The third-order valence-corrected chi connectivity index (χ3v) is 12.1. The van der Waals surface area contributed by atoms with Crippen molar-refractivity contribution in [3.05, 3.63) is 54.1 Å². The highest BCUT2D eigenvalue weighted by atomic mass is 31.2. The van der Waals surface area contributed by atoms with Crippen LogP contribution in [0, 0.1) is 5.92 Å². The number of phosphoric acid groups is 1. The Bertz CT molecular complexity index is 1910. The van der Waals surface area contributed by atoms with E-state index in [9.17, 15) is 48.2 Å². The Morgan fingerprint density at radius 2 is 1.45 bits per heavy atom. The van der Waals surface area contributed by atoms with Gasteiger partial charge in [0.1, 0.15) is 30.2 Å². The normalized spacial score (nSPS) is 16.3. The molecule has 0 saturated carbocycles. The van der Waals surface area contributed by atoms with E-state index in [0.717, 1.165) is 51.9 Å². The number of carbonyl (C=O) groups excluding carboxylic acids is 6. The van der Waals surface area contributed by atoms with Crippen LogP contribution in [0.15, 0.2) is 42.9 Å². The van der Waals surface area contributed by atoms with Gasteiger partial charge in [0, 0.05) is 31.4 Å². The summed E-state index contributed by atoms with van der Waals surface area (Å²) in [6.07, 6.45) is 12.4. The number of phosphoric ester groups is 1. The van der Waals surface area contributed by atoms with E-state index in [1.54, 1.807) is 12.5 Å². The number of nitrogens with two attached hydrogens (primary N) is 1. The van der Waals surface area contributed by atoms with Gasteiger partial charge < -0.3 is 56.1 Å². The summed E-state index contributed by atoms with van der Waals surface area (Å²) in [4.78, 5) is 105. The average molecular weight is 963 g/mol. The van der Waals surface area contributed by atoms with Gasteiger partial charge in [-0.3, -0.25) is 33.3 Å². The van der Waals surface area contributed by atoms with Gasteiger partial charge in [0.15, 0.2) is 0 Å². The summed E-state index contributed by atoms with van der Waals surface area (Å²) in [5.74, 6) is -4.84. The van der Waals surface area contributed by atoms with Gasteiger partial charge in [-0.2, -0.15) is 0 Å². The fourth-order valence-electron chi connectivity index (χ4n) is 7.98. The number of aryl methyl sites for hydroxylation is 2. The molecule has 6 amide bonds. The summed E-state index contributed by atoms with van der Waals surface area (Å²) in [5.41, 5.74) is 7.32. The Balaban J connectivity index is 1.74. The Morgan fingerprint density at radius 3 is 2.06 bits per heavy atom. The number of primary amides is 1. The number of imidazole rings is 1. The second kappa shape index (κ2) is 29.2. The lowest BCUT2D eigenvalue weighted by atomic mass is 10.0. The van der Waals surface area contributed by atoms with E-state index < -0.39 is 80.3 Å². The van der Waals surface area contributed by atoms with Gasteiger partial charge >= 0.3 is 7.82 Å². The number of ether oxygens (including phenoxy) is 1. The van der Waals surface area contributed by atoms with E-state index in [2.05, 4.69) is 55.0 Å². The van der Waals surface area contributed by atoms with Crippen molar-refractivity contribution in [1.29, 1.82) is 0 Å². The minimum atomic E-state index is -5.12. The molecule has 1 aliphatic heterocycles. The van der Waals surface area contributed by atoms with Gasteiger partial charge in [-0.05, 0) is 70.8 Å². The van der Waals surface area contributed by atoms with Gasteiger partial charge in [0.25, 0.3) is 0 Å². The molecular formula is C46H75N8O12P. The number of likely N-dealkylation sites (tertiary alicyclic amines) is 1. The predicted octanol–water partition coefficient (Wildman–Crippen LogP) is 2.56. The standard InChI is InChI=1S/C46H75N8O12P/c1-31(2)26-36(50-46(61)39-21-17-24-54(39)40(56)22-25-65-32(3)4)43(58)49-37(44(59)51-38(29-55)45(60)52-41(42(47)57)33(5)66-67(62,63)64)27-35-28-48-30-53(35)23-16-11-9-7-6-8-10-13-18-34-19-14-12-15-20-34/h12,14-15,19-20,28,30-33,36-39,41,55H,6-11,13,16-18,21-27,29H2,1-5H3,(H2,47,57)(H,49,58)(H,50,61)(H,51,59)(H,52,60)(H2,62,63,64)/t33-,36+,37+,38+,39+,41+/m1/s1. The fourth-order valence-corrected chi connectivity index (χ4v) is 8.53. The SMILES string of the molecule is CC(C)C[C@H](NC(=O)[C@@H]1CCCN1C(=O)CCOC(C)C)C(=O)N[C@@H](Cc1cncn1CCCCCCCCCCc1ccccc1)C(=O)N[C@@H](CO)C(=O)N[C@H](C(N)=O)[C@@H](C)OP(=O)(O)O. The smallest absolute Gasteiger partial charge is 0.394 e. The fraction of sp³-hybridized carbons (Fsp3) is 0.674. The number of hydrogen-bond donors (Lipinski definition) is 8. The summed E-state index contributed by atoms with van der Waals surface area (Å²) < 4.78 is 23.4. The summed E-state index contributed by atoms with van der Waals surface area (Å²) in [6, 6.07) is 3.62. The van der Waals surface area contributed by atoms with Gasteiger partial charge in [0.2, 0.25) is 35.4 Å². The average Bonchev–Trinajstić information content (AvgIpc) is 3.94. The molecule has 1 aromatic heterocycles. The molecule has 20 nitrogen and oxygen atoms in total. The van der Waals surface area contributed by atoms with E-state index in [4.69, 9.17) is 10.5 Å². The van der Waals surface area contributed by atoms with Gasteiger partial charge in [-0.15, -0.1) is 0 Å². The second-order valence-corrected chi connectivity index (χ2v) is 19.1. The zero-order valence-electron chi connectivity index (χ0n) is 39.8. The van der Waals surface area contributed by atoms with Crippen LogP contribution in [0.4, 0.5) is 0 Å². The first-order valence-corrected chi connectivity index (χ1v) is 25.1. The summed E-state index contributed by atoms with van der Waals surface area (Å²) in [6.45, 7) is 8.69. The number of nitrogens with zero attached hydrogens (tertiary/aromatic N) is 3. The molecule has 1 aliphatic rings. The van der Waals surface area contributed by atoms with Crippen LogP contribution in [-0.4, -0.2) is 127 Å². The number of aliphatic hydroxyl groups excluding tert-OH is 1. The molecule has 21 heteroatoms. The number of amides is 6. The lowest BCUT2D eigenvalue weighted by molar-refractivity contribution is -0.140. The van der Waals surface area contributed by atoms with E-state index >= 15 is 0 Å². The number of hydrogen-bond acceptors (Lipinski definition) is 11. The van der Waals surface area contributed by atoms with Crippen LogP contribution in [0.3, 0.4) is 0 Å². The second-order valence-electron chi connectivity index (χ2n) is 17.9. The summed E-state index contributed by atoms with van der Waals surface area (Å²) in [5, 5.41) is 20.4. The summed E-state index contributed by atoms with van der Waals surface area (Å²) in [7, 11) is -5.12. The van der Waals surface area contributed by atoms with Gasteiger partial charge in [-0.1, -0.05) is 82.7 Å². The molecule has 1 aromatic carbocycles. The Kier molecular flexibility index (Phi) is 24.7. The number of rotatable bonds is 32. The molecule has 2 heterocycles. The highest BCUT2D eigenvalue weighted by molar-refractivity contribution is 7.46. The van der Waals surface area contributed by atoms with Crippen LogP contribution in [-0.2, 0) is 62.0 Å². The number of benzene rings is 1. The number of carbonyl (C=O) groups is 6. The zero-order valence-corrected chi connectivity index (χ0v) is 40.7. The summed E-state index contributed by atoms with van der Waals surface area (Å²) >= 11 is 0. The van der Waals surface area contributed by atoms with E-state index in [-0.39, 0.29) is 43.8 Å². The first-order chi connectivity index (χ1) is 31.8. The number of aliphatic hydroxyl groups is 1. The van der Waals surface area contributed by atoms with Crippen molar-refractivity contribution < 1.29 is 57.5 Å². The Labute approximate surface area is 394 Å². The molecule has 376 valence electrons. The minimum Gasteiger partial charge on any atom is -0.394 e. The van der Waals surface area contributed by atoms with Crippen molar-refractivity contribution >= 4 is 43.3 Å². The Morgan fingerprint density at radius 1 is 0.836 bits per heavy atom. The minimum absolute atomic E-state index is 0.0641. The molecule has 3 rings (SSSR count). The molecule has 67 heavy (non-hydrogen) atoms.